The van der Waals surface area contributed by atoms with Crippen LogP contribution in [0.3, 0.4) is 0 Å². The molecular weight excluding hydrogens is 324 g/mol. The second-order valence-electron chi connectivity index (χ2n) is 5.82. The highest BCUT2D eigenvalue weighted by molar-refractivity contribution is 7.71. The zero-order valence-corrected chi connectivity index (χ0v) is 14.1. The van der Waals surface area contributed by atoms with Gasteiger partial charge in [0.1, 0.15) is 28.9 Å². The molecular formula is C17H16N4O2S. The Morgan fingerprint density at radius 3 is 2.54 bits per heavy atom. The standard InChI is InChI=1S/C17H16N4O2S/c1-17(2,22)9-23-11-6-4-10(5-7-11)13-12(8-18)16(24)21-15(19)14(13)20-3/h4-7,22H,9H2,1-2H3,(H3,19,21,24). The van der Waals surface area contributed by atoms with Gasteiger partial charge in [0.25, 0.3) is 0 Å². The molecule has 1 heterocycles. The summed E-state index contributed by atoms with van der Waals surface area (Å²) in [6, 6.07) is 8.87. The van der Waals surface area contributed by atoms with E-state index >= 15 is 0 Å². The van der Waals surface area contributed by atoms with Crippen molar-refractivity contribution in [2.75, 3.05) is 12.3 Å². The van der Waals surface area contributed by atoms with E-state index in [2.05, 4.69) is 9.83 Å². The predicted molar refractivity (Wildman–Crippen MR) is 94.2 cm³/mol. The zero-order chi connectivity index (χ0) is 17.9. The molecule has 6 nitrogen and oxygen atoms in total. The maximum atomic E-state index is 9.69. The van der Waals surface area contributed by atoms with Crippen molar-refractivity contribution in [3.8, 4) is 22.9 Å². The third kappa shape index (κ3) is 3.72. The van der Waals surface area contributed by atoms with Crippen molar-refractivity contribution in [3.63, 3.8) is 0 Å². The number of nitrogen functional groups attached to an aromatic ring is 1. The lowest BCUT2D eigenvalue weighted by atomic mass is 10.00. The molecule has 0 spiro atoms. The summed E-state index contributed by atoms with van der Waals surface area (Å²) in [5.41, 5.74) is 6.29. The third-order valence-electron chi connectivity index (χ3n) is 3.18. The summed E-state index contributed by atoms with van der Waals surface area (Å²) in [5, 5.41) is 19.1. The Kier molecular flexibility index (Phi) is 4.89. The second-order valence-corrected chi connectivity index (χ2v) is 6.22. The van der Waals surface area contributed by atoms with Crippen LogP contribution in [0.5, 0.6) is 5.75 Å². The van der Waals surface area contributed by atoms with E-state index in [0.717, 1.165) is 0 Å². The van der Waals surface area contributed by atoms with Gasteiger partial charge in [0, 0.05) is 5.56 Å². The highest BCUT2D eigenvalue weighted by Crippen LogP contribution is 2.38. The second kappa shape index (κ2) is 6.71. The number of H-pyrrole nitrogens is 1. The van der Waals surface area contributed by atoms with Gasteiger partial charge >= 0.3 is 0 Å². The molecule has 7 heteroatoms. The summed E-state index contributed by atoms with van der Waals surface area (Å²) in [7, 11) is 0. The maximum Gasteiger partial charge on any atom is 0.234 e. The summed E-state index contributed by atoms with van der Waals surface area (Å²) >= 11 is 5.13. The first kappa shape index (κ1) is 17.5. The lowest BCUT2D eigenvalue weighted by molar-refractivity contribution is 0.0285. The van der Waals surface area contributed by atoms with Gasteiger partial charge in [-0.05, 0) is 31.5 Å². The van der Waals surface area contributed by atoms with Crippen LogP contribution in [0.2, 0.25) is 0 Å². The van der Waals surface area contributed by atoms with Crippen LogP contribution in [0.4, 0.5) is 11.5 Å². The number of nitrogens with two attached hydrogens (primary N) is 1. The van der Waals surface area contributed by atoms with Gasteiger partial charge in [-0.2, -0.15) is 5.26 Å². The van der Waals surface area contributed by atoms with Crippen LogP contribution in [-0.4, -0.2) is 22.3 Å². The van der Waals surface area contributed by atoms with Crippen molar-refractivity contribution < 1.29 is 9.84 Å². The molecule has 122 valence electrons. The predicted octanol–water partition coefficient (Wildman–Crippen LogP) is 3.57. The van der Waals surface area contributed by atoms with E-state index in [1.807, 2.05) is 6.07 Å². The Balaban J connectivity index is 2.48. The van der Waals surface area contributed by atoms with E-state index in [1.165, 1.54) is 0 Å². The number of aromatic amines is 1. The first-order chi connectivity index (χ1) is 11.3. The number of aromatic nitrogens is 1. The third-order valence-corrected chi connectivity index (χ3v) is 3.48. The number of anilines is 1. The molecule has 0 aliphatic carbocycles. The van der Waals surface area contributed by atoms with E-state index in [9.17, 15) is 10.4 Å². The molecule has 0 atom stereocenters. The number of aliphatic hydroxyl groups is 1. The van der Waals surface area contributed by atoms with Crippen molar-refractivity contribution in [2.24, 2.45) is 0 Å². The number of hydrogen-bond acceptors (Lipinski definition) is 5. The molecule has 0 bridgehead atoms. The molecule has 2 aromatic rings. The molecule has 1 aromatic heterocycles. The molecule has 2 rings (SSSR count). The topological polar surface area (TPSA) is 99.4 Å². The van der Waals surface area contributed by atoms with E-state index in [1.54, 1.807) is 38.1 Å². The molecule has 0 aliphatic rings. The highest BCUT2D eigenvalue weighted by Gasteiger charge is 2.17. The minimum atomic E-state index is -0.940. The minimum Gasteiger partial charge on any atom is -0.491 e. The summed E-state index contributed by atoms with van der Waals surface area (Å²) in [4.78, 5) is 6.09. The number of pyridine rings is 1. The van der Waals surface area contributed by atoms with Gasteiger partial charge in [0.2, 0.25) is 5.69 Å². The molecule has 0 amide bonds. The summed E-state index contributed by atoms with van der Waals surface area (Å²) in [5.74, 6) is 0.698. The average Bonchev–Trinajstić information content (AvgIpc) is 2.52. The first-order valence-electron chi connectivity index (χ1n) is 7.05. The van der Waals surface area contributed by atoms with E-state index in [-0.39, 0.29) is 28.3 Å². The lowest BCUT2D eigenvalue weighted by Crippen LogP contribution is -2.27. The fourth-order valence-corrected chi connectivity index (χ4v) is 2.35. The Morgan fingerprint density at radius 1 is 1.42 bits per heavy atom. The molecule has 0 fully saturated rings. The highest BCUT2D eigenvalue weighted by atomic mass is 32.1. The van der Waals surface area contributed by atoms with Gasteiger partial charge in [-0.15, -0.1) is 0 Å². The first-order valence-corrected chi connectivity index (χ1v) is 7.46. The number of hydrogen-bond donors (Lipinski definition) is 3. The molecule has 0 aliphatic heterocycles. The van der Waals surface area contributed by atoms with E-state index in [4.69, 9.17) is 29.3 Å². The van der Waals surface area contributed by atoms with Gasteiger partial charge in [0.15, 0.2) is 0 Å². The molecule has 1 aromatic carbocycles. The number of nitrogens with one attached hydrogen (secondary N) is 1. The van der Waals surface area contributed by atoms with Gasteiger partial charge < -0.3 is 20.6 Å². The van der Waals surface area contributed by atoms with Crippen LogP contribution in [-0.2, 0) is 0 Å². The largest absolute Gasteiger partial charge is 0.491 e. The molecule has 0 unspecified atom stereocenters. The molecule has 0 radical (unpaired) electrons. The lowest BCUT2D eigenvalue weighted by Gasteiger charge is -2.18. The number of benzene rings is 1. The van der Waals surface area contributed by atoms with Crippen molar-refractivity contribution in [2.45, 2.75) is 19.4 Å². The van der Waals surface area contributed by atoms with Crippen molar-refractivity contribution in [1.82, 2.24) is 4.98 Å². The fourth-order valence-electron chi connectivity index (χ4n) is 2.09. The van der Waals surface area contributed by atoms with Crippen molar-refractivity contribution in [3.05, 3.63) is 45.9 Å². The Hall–Kier alpha value is -2.87. The SMILES string of the molecule is [C-]#[N+]c1c(N)[nH]c(=S)c(C#N)c1-c1ccc(OCC(C)(C)O)cc1. The normalized spacial score (nSPS) is 10.7. The smallest absolute Gasteiger partial charge is 0.234 e. The maximum absolute atomic E-state index is 9.69. The Bertz CT molecular complexity index is 897. The van der Waals surface area contributed by atoms with Crippen LogP contribution in [0.25, 0.3) is 16.0 Å². The fraction of sp³-hybridized carbons (Fsp3) is 0.235. The minimum absolute atomic E-state index is 0.131. The van der Waals surface area contributed by atoms with Gasteiger partial charge in [-0.25, -0.2) is 4.85 Å². The quantitative estimate of drug-likeness (QED) is 0.584. The molecule has 24 heavy (non-hydrogen) atoms. The van der Waals surface area contributed by atoms with Crippen molar-refractivity contribution in [1.29, 1.82) is 5.26 Å². The Labute approximate surface area is 144 Å². The van der Waals surface area contributed by atoms with Crippen LogP contribution < -0.4 is 10.5 Å². The summed E-state index contributed by atoms with van der Waals surface area (Å²) in [6.07, 6.45) is 0. The van der Waals surface area contributed by atoms with Crippen LogP contribution in [0.15, 0.2) is 24.3 Å². The number of ether oxygens (including phenoxy) is 1. The van der Waals surface area contributed by atoms with Crippen molar-refractivity contribution >= 4 is 23.7 Å². The average molecular weight is 340 g/mol. The van der Waals surface area contributed by atoms with Gasteiger partial charge in [-0.3, -0.25) is 0 Å². The molecule has 0 saturated carbocycles. The summed E-state index contributed by atoms with van der Waals surface area (Å²) in [6.45, 7) is 10.8. The monoisotopic (exact) mass is 340 g/mol. The zero-order valence-electron chi connectivity index (χ0n) is 13.3. The number of rotatable bonds is 4. The number of nitriles is 1. The van der Waals surface area contributed by atoms with Gasteiger partial charge in [-0.1, -0.05) is 24.4 Å². The van der Waals surface area contributed by atoms with Crippen LogP contribution >= 0.6 is 12.2 Å². The van der Waals surface area contributed by atoms with Crippen LogP contribution in [0.1, 0.15) is 19.4 Å². The van der Waals surface area contributed by atoms with Crippen LogP contribution in [0, 0.1) is 22.5 Å². The van der Waals surface area contributed by atoms with E-state index in [0.29, 0.717) is 16.9 Å². The number of nitrogens with zero attached hydrogens (tertiary/aromatic N) is 2. The molecule has 4 N–H and O–H groups in total. The molecule has 0 saturated heterocycles. The summed E-state index contributed by atoms with van der Waals surface area (Å²) < 4.78 is 5.69. The van der Waals surface area contributed by atoms with Gasteiger partial charge in [0.05, 0.1) is 17.7 Å². The Morgan fingerprint density at radius 2 is 2.04 bits per heavy atom. The van der Waals surface area contributed by atoms with E-state index < -0.39 is 5.60 Å².